The minimum Gasteiger partial charge on any atom is -0.340 e. The van der Waals surface area contributed by atoms with Gasteiger partial charge >= 0.3 is 0 Å². The molecular weight excluding hydrogens is 236 g/mol. The van der Waals surface area contributed by atoms with Crippen LogP contribution in [0.5, 0.6) is 0 Å². The molecule has 1 saturated heterocycles. The van der Waals surface area contributed by atoms with E-state index in [1.54, 1.807) is 0 Å². The fourth-order valence-electron chi connectivity index (χ4n) is 2.56. The van der Waals surface area contributed by atoms with Gasteiger partial charge in [0.2, 0.25) is 5.91 Å². The lowest BCUT2D eigenvalue weighted by atomic mass is 9.84. The number of benzene rings is 1. The second-order valence-corrected chi connectivity index (χ2v) is 5.54. The van der Waals surface area contributed by atoms with Crippen molar-refractivity contribution in [2.75, 3.05) is 20.1 Å². The molecule has 0 aromatic heterocycles. The van der Waals surface area contributed by atoms with Crippen molar-refractivity contribution in [2.24, 2.45) is 5.92 Å². The Hall–Kier alpha value is -1.35. The van der Waals surface area contributed by atoms with Crippen LogP contribution in [-0.4, -0.2) is 37.0 Å². The van der Waals surface area contributed by atoms with Crippen LogP contribution in [0.3, 0.4) is 0 Å². The van der Waals surface area contributed by atoms with Crippen LogP contribution in [-0.2, 0) is 4.79 Å². The molecule has 2 unspecified atom stereocenters. The van der Waals surface area contributed by atoms with E-state index in [2.05, 4.69) is 31.3 Å². The second kappa shape index (κ2) is 6.20. The highest BCUT2D eigenvalue weighted by molar-refractivity contribution is 5.84. The Balaban J connectivity index is 2.20. The van der Waals surface area contributed by atoms with Gasteiger partial charge in [-0.05, 0) is 11.5 Å². The second-order valence-electron chi connectivity index (χ2n) is 5.54. The number of carbonyl (C=O) groups excluding carboxylic acids is 1. The molecule has 2 atom stereocenters. The van der Waals surface area contributed by atoms with Crippen molar-refractivity contribution >= 4 is 5.91 Å². The van der Waals surface area contributed by atoms with Crippen LogP contribution in [0.25, 0.3) is 0 Å². The van der Waals surface area contributed by atoms with Crippen LogP contribution >= 0.6 is 0 Å². The van der Waals surface area contributed by atoms with Gasteiger partial charge in [-0.3, -0.25) is 4.79 Å². The summed E-state index contributed by atoms with van der Waals surface area (Å²) in [5, 5.41) is 3.23. The number of carbonyl (C=O) groups is 1. The van der Waals surface area contributed by atoms with Crippen molar-refractivity contribution in [3.63, 3.8) is 0 Å². The fraction of sp³-hybridized carbons (Fsp3) is 0.562. The van der Waals surface area contributed by atoms with Crippen LogP contribution in [0.1, 0.15) is 31.7 Å². The summed E-state index contributed by atoms with van der Waals surface area (Å²) in [6.45, 7) is 6.16. The lowest BCUT2D eigenvalue weighted by Crippen LogP contribution is -2.58. The van der Waals surface area contributed by atoms with Crippen LogP contribution in [0.15, 0.2) is 30.3 Å². The largest absolute Gasteiger partial charge is 0.340 e. The van der Waals surface area contributed by atoms with Crippen molar-refractivity contribution in [1.29, 1.82) is 0 Å². The summed E-state index contributed by atoms with van der Waals surface area (Å²) in [6, 6.07) is 10.5. The molecule has 1 heterocycles. The Labute approximate surface area is 116 Å². The smallest absolute Gasteiger partial charge is 0.230 e. The van der Waals surface area contributed by atoms with Gasteiger partial charge in [0.25, 0.3) is 0 Å². The molecule has 1 aliphatic rings. The minimum atomic E-state index is -0.0169. The zero-order valence-electron chi connectivity index (χ0n) is 12.1. The number of hydrogen-bond donors (Lipinski definition) is 1. The van der Waals surface area contributed by atoms with Crippen LogP contribution in [0.2, 0.25) is 0 Å². The monoisotopic (exact) mass is 260 g/mol. The zero-order valence-corrected chi connectivity index (χ0v) is 12.1. The Bertz CT molecular complexity index is 414. The van der Waals surface area contributed by atoms with E-state index in [9.17, 15) is 4.79 Å². The number of rotatable bonds is 5. The van der Waals surface area contributed by atoms with E-state index in [-0.39, 0.29) is 11.8 Å². The molecule has 1 aromatic carbocycles. The first-order valence-corrected chi connectivity index (χ1v) is 7.17. The molecular formula is C16H24N2O. The first-order valence-electron chi connectivity index (χ1n) is 7.17. The maximum absolute atomic E-state index is 12.8. The third kappa shape index (κ3) is 2.98. The fourth-order valence-corrected chi connectivity index (χ4v) is 2.56. The SMILES string of the molecule is CCC(C)C(C(=O)N(C)C1CNC1)c1ccccc1. The van der Waals surface area contributed by atoms with Crippen LogP contribution in [0, 0.1) is 5.92 Å². The van der Waals surface area contributed by atoms with Crippen molar-refractivity contribution in [1.82, 2.24) is 10.2 Å². The summed E-state index contributed by atoms with van der Waals surface area (Å²) in [7, 11) is 1.94. The van der Waals surface area contributed by atoms with Gasteiger partial charge < -0.3 is 10.2 Å². The first kappa shape index (κ1) is 14.1. The summed E-state index contributed by atoms with van der Waals surface area (Å²) >= 11 is 0. The van der Waals surface area contributed by atoms with E-state index in [0.29, 0.717) is 12.0 Å². The average molecular weight is 260 g/mol. The van der Waals surface area contributed by atoms with E-state index in [0.717, 1.165) is 25.1 Å². The molecule has 0 radical (unpaired) electrons. The summed E-state index contributed by atoms with van der Waals surface area (Å²) < 4.78 is 0. The molecule has 1 aromatic rings. The molecule has 1 N–H and O–H groups in total. The van der Waals surface area contributed by atoms with E-state index >= 15 is 0 Å². The van der Waals surface area contributed by atoms with Crippen molar-refractivity contribution in [3.05, 3.63) is 35.9 Å². The van der Waals surface area contributed by atoms with E-state index in [1.165, 1.54) is 0 Å². The number of nitrogens with zero attached hydrogens (tertiary/aromatic N) is 1. The van der Waals surface area contributed by atoms with Gasteiger partial charge in [0.1, 0.15) is 0 Å². The molecule has 0 spiro atoms. The maximum atomic E-state index is 12.8. The van der Waals surface area contributed by atoms with Gasteiger partial charge in [-0.2, -0.15) is 0 Å². The Morgan fingerprint density at radius 1 is 1.37 bits per heavy atom. The zero-order chi connectivity index (χ0) is 13.8. The third-order valence-corrected chi connectivity index (χ3v) is 4.29. The summed E-state index contributed by atoms with van der Waals surface area (Å²) in [5.74, 6) is 0.606. The number of nitrogens with one attached hydrogen (secondary N) is 1. The Kier molecular flexibility index (Phi) is 4.59. The minimum absolute atomic E-state index is 0.0169. The predicted octanol–water partition coefficient (Wildman–Crippen LogP) is 2.25. The van der Waals surface area contributed by atoms with Crippen LogP contribution < -0.4 is 5.32 Å². The number of likely N-dealkylation sites (N-methyl/N-ethyl adjacent to an activating group) is 1. The van der Waals surface area contributed by atoms with Crippen molar-refractivity contribution in [3.8, 4) is 0 Å². The van der Waals surface area contributed by atoms with Crippen molar-refractivity contribution < 1.29 is 4.79 Å². The standard InChI is InChI=1S/C16H24N2O/c1-4-12(2)15(13-8-6-5-7-9-13)16(19)18(3)14-10-17-11-14/h5-9,12,14-15,17H,4,10-11H2,1-3H3. The maximum Gasteiger partial charge on any atom is 0.230 e. The third-order valence-electron chi connectivity index (χ3n) is 4.29. The first-order chi connectivity index (χ1) is 9.15. The van der Waals surface area contributed by atoms with Crippen molar-refractivity contribution in [2.45, 2.75) is 32.2 Å². The molecule has 0 bridgehead atoms. The predicted molar refractivity (Wildman–Crippen MR) is 78.1 cm³/mol. The summed E-state index contributed by atoms with van der Waals surface area (Å²) in [5.41, 5.74) is 1.14. The van der Waals surface area contributed by atoms with Gasteiger partial charge in [-0.1, -0.05) is 50.6 Å². The van der Waals surface area contributed by atoms with Gasteiger partial charge in [0, 0.05) is 20.1 Å². The topological polar surface area (TPSA) is 32.3 Å². The van der Waals surface area contributed by atoms with Gasteiger partial charge in [-0.15, -0.1) is 0 Å². The molecule has 104 valence electrons. The highest BCUT2D eigenvalue weighted by Crippen LogP contribution is 2.29. The van der Waals surface area contributed by atoms with E-state index in [4.69, 9.17) is 0 Å². The van der Waals surface area contributed by atoms with Gasteiger partial charge in [0.05, 0.1) is 12.0 Å². The molecule has 19 heavy (non-hydrogen) atoms. The van der Waals surface area contributed by atoms with E-state index in [1.807, 2.05) is 30.1 Å². The number of amides is 1. The molecule has 0 aliphatic carbocycles. The molecule has 1 aliphatic heterocycles. The molecule has 3 nitrogen and oxygen atoms in total. The number of hydrogen-bond acceptors (Lipinski definition) is 2. The molecule has 0 saturated carbocycles. The highest BCUT2D eigenvalue weighted by Gasteiger charge is 2.33. The van der Waals surface area contributed by atoms with Gasteiger partial charge in [0.15, 0.2) is 0 Å². The molecule has 2 rings (SSSR count). The summed E-state index contributed by atoms with van der Waals surface area (Å²) in [6.07, 6.45) is 1.02. The Morgan fingerprint density at radius 2 is 2.00 bits per heavy atom. The van der Waals surface area contributed by atoms with Gasteiger partial charge in [-0.25, -0.2) is 0 Å². The average Bonchev–Trinajstić information content (AvgIpc) is 2.37. The highest BCUT2D eigenvalue weighted by atomic mass is 16.2. The molecule has 3 heteroatoms. The summed E-state index contributed by atoms with van der Waals surface area (Å²) in [4.78, 5) is 14.7. The van der Waals surface area contributed by atoms with Crippen LogP contribution in [0.4, 0.5) is 0 Å². The molecule has 1 amide bonds. The van der Waals surface area contributed by atoms with E-state index < -0.39 is 0 Å². The Morgan fingerprint density at radius 3 is 2.47 bits per heavy atom. The normalized spacial score (nSPS) is 18.5. The lowest BCUT2D eigenvalue weighted by molar-refractivity contribution is -0.135. The molecule has 1 fully saturated rings. The lowest BCUT2D eigenvalue weighted by Gasteiger charge is -2.38. The quantitative estimate of drug-likeness (QED) is 0.880.